The lowest BCUT2D eigenvalue weighted by Gasteiger charge is -2.36. The van der Waals surface area contributed by atoms with Crippen LogP contribution in [0.4, 0.5) is 0 Å². The molecule has 0 saturated carbocycles. The quantitative estimate of drug-likeness (QED) is 0.344. The molecule has 0 aliphatic carbocycles. The number of carbonyl (C=O) groups excluding carboxylic acids is 1. The van der Waals surface area contributed by atoms with Crippen molar-refractivity contribution in [2.45, 2.75) is 45.5 Å². The molecule has 152 valence electrons. The normalized spacial score (nSPS) is 11.8. The van der Waals surface area contributed by atoms with Crippen molar-refractivity contribution >= 4 is 20.4 Å². The molecule has 0 spiro atoms. The molecule has 0 radical (unpaired) electrons. The van der Waals surface area contributed by atoms with Crippen molar-refractivity contribution in [3.63, 3.8) is 0 Å². The molecule has 0 heterocycles. The topological polar surface area (TPSA) is 35.5 Å². The lowest BCUT2D eigenvalue weighted by atomic mass is 10.1. The van der Waals surface area contributed by atoms with Crippen LogP contribution < -0.4 is 0 Å². The van der Waals surface area contributed by atoms with E-state index < -0.39 is 8.32 Å². The number of carbonyl (C=O) groups is 1. The van der Waals surface area contributed by atoms with E-state index in [-0.39, 0.29) is 11.0 Å². The smallest absolute Gasteiger partial charge is 0.337 e. The van der Waals surface area contributed by atoms with Crippen LogP contribution in [0.15, 0.2) is 54.6 Å². The predicted molar refractivity (Wildman–Crippen MR) is 122 cm³/mol. The van der Waals surface area contributed by atoms with Gasteiger partial charge in [-0.05, 0) is 65.7 Å². The standard InChI is InChI=1S/C25H30O3Si/c1-25(2,3)29(5,6)28-19-22-13-11-20(12-14-22)9-7-8-10-21-15-17-23(18-16-21)24(26)27-4/h7,9,11-18H,19H2,1-6H3/b9-7+. The molecule has 0 aliphatic heterocycles. The molecular weight excluding hydrogens is 376 g/mol. The molecule has 2 rings (SSSR count). The van der Waals surface area contributed by atoms with E-state index in [1.54, 1.807) is 12.1 Å². The van der Waals surface area contributed by atoms with E-state index in [9.17, 15) is 4.79 Å². The van der Waals surface area contributed by atoms with Crippen LogP contribution in [0.25, 0.3) is 6.08 Å². The average Bonchev–Trinajstić information content (AvgIpc) is 2.69. The number of benzene rings is 2. The molecule has 3 nitrogen and oxygen atoms in total. The summed E-state index contributed by atoms with van der Waals surface area (Å²) in [5.74, 6) is 5.74. The van der Waals surface area contributed by atoms with Gasteiger partial charge in [0, 0.05) is 5.56 Å². The third-order valence-electron chi connectivity index (χ3n) is 5.27. The Morgan fingerprint density at radius 2 is 1.66 bits per heavy atom. The van der Waals surface area contributed by atoms with E-state index in [4.69, 9.17) is 4.43 Å². The minimum absolute atomic E-state index is 0.216. The highest BCUT2D eigenvalue weighted by atomic mass is 28.4. The molecular formula is C25H30O3Si. The van der Waals surface area contributed by atoms with Crippen molar-refractivity contribution in [1.82, 2.24) is 0 Å². The molecule has 0 N–H and O–H groups in total. The van der Waals surface area contributed by atoms with E-state index >= 15 is 0 Å². The summed E-state index contributed by atoms with van der Waals surface area (Å²) >= 11 is 0. The average molecular weight is 407 g/mol. The second-order valence-electron chi connectivity index (χ2n) is 8.46. The summed E-state index contributed by atoms with van der Waals surface area (Å²) < 4.78 is 11.0. The van der Waals surface area contributed by atoms with E-state index in [1.165, 1.54) is 12.7 Å². The number of allylic oxidation sites excluding steroid dienone is 1. The van der Waals surface area contributed by atoms with Crippen LogP contribution in [0.2, 0.25) is 18.1 Å². The monoisotopic (exact) mass is 406 g/mol. The first-order valence-electron chi connectivity index (χ1n) is 9.72. The highest BCUT2D eigenvalue weighted by molar-refractivity contribution is 6.74. The van der Waals surface area contributed by atoms with Crippen molar-refractivity contribution in [3.05, 3.63) is 76.9 Å². The maximum Gasteiger partial charge on any atom is 0.337 e. The number of esters is 1. The van der Waals surface area contributed by atoms with Gasteiger partial charge in [-0.25, -0.2) is 4.79 Å². The fourth-order valence-electron chi connectivity index (χ4n) is 2.28. The second-order valence-corrected chi connectivity index (χ2v) is 13.3. The first-order chi connectivity index (χ1) is 13.6. The third kappa shape index (κ3) is 6.74. The maximum atomic E-state index is 11.4. The fraction of sp³-hybridized carbons (Fsp3) is 0.320. The highest BCUT2D eigenvalue weighted by Gasteiger charge is 2.36. The van der Waals surface area contributed by atoms with Gasteiger partial charge in [0.25, 0.3) is 0 Å². The Kier molecular flexibility index (Phi) is 7.61. The zero-order valence-electron chi connectivity index (χ0n) is 18.2. The van der Waals surface area contributed by atoms with Crippen LogP contribution in [0.3, 0.4) is 0 Å². The van der Waals surface area contributed by atoms with Crippen LogP contribution in [0.5, 0.6) is 0 Å². The van der Waals surface area contributed by atoms with Gasteiger partial charge >= 0.3 is 5.97 Å². The first-order valence-corrected chi connectivity index (χ1v) is 12.6. The van der Waals surface area contributed by atoms with E-state index in [0.717, 1.165) is 11.1 Å². The summed E-state index contributed by atoms with van der Waals surface area (Å²) in [5, 5.41) is 0.216. The van der Waals surface area contributed by atoms with Gasteiger partial charge in [-0.1, -0.05) is 56.9 Å². The molecule has 0 aromatic heterocycles. The Hall–Kier alpha value is -2.61. The van der Waals surface area contributed by atoms with Crippen molar-refractivity contribution in [3.8, 4) is 11.8 Å². The SMILES string of the molecule is COC(=O)c1ccc(C#C/C=C/c2ccc(CO[Si](C)(C)C(C)(C)C)cc2)cc1. The van der Waals surface area contributed by atoms with Gasteiger partial charge < -0.3 is 9.16 Å². The zero-order valence-corrected chi connectivity index (χ0v) is 19.2. The Labute approximate surface area is 175 Å². The molecule has 0 unspecified atom stereocenters. The minimum Gasteiger partial charge on any atom is -0.465 e. The predicted octanol–water partition coefficient (Wildman–Crippen LogP) is 6.06. The molecule has 2 aromatic carbocycles. The molecule has 0 fully saturated rings. The number of hydrogen-bond acceptors (Lipinski definition) is 3. The summed E-state index contributed by atoms with van der Waals surface area (Å²) in [6.45, 7) is 11.9. The lowest BCUT2D eigenvalue weighted by Crippen LogP contribution is -2.40. The summed E-state index contributed by atoms with van der Waals surface area (Å²) in [6.07, 6.45) is 3.81. The second kappa shape index (κ2) is 9.73. The molecule has 0 bridgehead atoms. The van der Waals surface area contributed by atoms with Crippen LogP contribution in [0.1, 0.15) is 47.8 Å². The van der Waals surface area contributed by atoms with Crippen molar-refractivity contribution < 1.29 is 14.0 Å². The zero-order chi connectivity index (χ0) is 21.5. The van der Waals surface area contributed by atoms with Crippen LogP contribution in [0, 0.1) is 11.8 Å². The number of rotatable bonds is 5. The maximum absolute atomic E-state index is 11.4. The molecule has 0 amide bonds. The Bertz CT molecular complexity index is 906. The van der Waals surface area contributed by atoms with Crippen molar-refractivity contribution in [1.29, 1.82) is 0 Å². The van der Waals surface area contributed by atoms with Gasteiger partial charge in [-0.15, -0.1) is 0 Å². The van der Waals surface area contributed by atoms with Gasteiger partial charge in [-0.3, -0.25) is 0 Å². The lowest BCUT2D eigenvalue weighted by molar-refractivity contribution is 0.0600. The molecule has 0 aliphatic rings. The molecule has 4 heteroatoms. The molecule has 0 saturated heterocycles. The summed E-state index contributed by atoms with van der Waals surface area (Å²) in [5.41, 5.74) is 3.65. The van der Waals surface area contributed by atoms with Gasteiger partial charge in [0.1, 0.15) is 0 Å². The largest absolute Gasteiger partial charge is 0.465 e. The van der Waals surface area contributed by atoms with Gasteiger partial charge in [-0.2, -0.15) is 0 Å². The first kappa shape index (κ1) is 22.7. The fourth-order valence-corrected chi connectivity index (χ4v) is 3.24. The van der Waals surface area contributed by atoms with Crippen LogP contribution >= 0.6 is 0 Å². The van der Waals surface area contributed by atoms with E-state index in [0.29, 0.717) is 12.2 Å². The van der Waals surface area contributed by atoms with E-state index in [2.05, 4.69) is 74.7 Å². The van der Waals surface area contributed by atoms with Crippen LogP contribution in [-0.2, 0) is 15.8 Å². The van der Waals surface area contributed by atoms with Gasteiger partial charge in [0.15, 0.2) is 8.32 Å². The summed E-state index contributed by atoms with van der Waals surface area (Å²) in [4.78, 5) is 11.4. The Morgan fingerprint density at radius 1 is 1.03 bits per heavy atom. The number of methoxy groups -OCH3 is 1. The molecule has 29 heavy (non-hydrogen) atoms. The Morgan fingerprint density at radius 3 is 2.21 bits per heavy atom. The van der Waals surface area contributed by atoms with Crippen LogP contribution in [-0.4, -0.2) is 21.4 Å². The van der Waals surface area contributed by atoms with Gasteiger partial charge in [0.2, 0.25) is 0 Å². The summed E-state index contributed by atoms with van der Waals surface area (Å²) in [7, 11) is -0.360. The van der Waals surface area contributed by atoms with E-state index in [1.807, 2.05) is 24.3 Å². The highest BCUT2D eigenvalue weighted by Crippen LogP contribution is 2.37. The van der Waals surface area contributed by atoms with Gasteiger partial charge in [0.05, 0.1) is 19.3 Å². The third-order valence-corrected chi connectivity index (χ3v) is 9.75. The molecule has 0 atom stereocenters. The number of ether oxygens (including phenoxy) is 1. The Balaban J connectivity index is 1.92. The van der Waals surface area contributed by atoms with Crippen molar-refractivity contribution in [2.75, 3.05) is 7.11 Å². The minimum atomic E-state index is -1.73. The number of hydrogen-bond donors (Lipinski definition) is 0. The molecule has 2 aromatic rings. The summed E-state index contributed by atoms with van der Waals surface area (Å²) in [6, 6.07) is 15.4. The van der Waals surface area contributed by atoms with Crippen molar-refractivity contribution in [2.24, 2.45) is 0 Å².